The number of thiazole rings is 1. The van der Waals surface area contributed by atoms with Gasteiger partial charge in [0.15, 0.2) is 0 Å². The summed E-state index contributed by atoms with van der Waals surface area (Å²) in [5, 5.41) is 8.11. The summed E-state index contributed by atoms with van der Waals surface area (Å²) >= 11 is 1.41. The van der Waals surface area contributed by atoms with Crippen LogP contribution in [0.25, 0.3) is 33.4 Å². The average molecular weight is 937 g/mol. The molecule has 2 N–H and O–H groups in total. The fourth-order valence-corrected chi connectivity index (χ4v) is 10.7. The minimum atomic E-state index is -1.09. The van der Waals surface area contributed by atoms with Gasteiger partial charge < -0.3 is 34.1 Å². The molecule has 4 aromatic rings. The summed E-state index contributed by atoms with van der Waals surface area (Å²) in [5.41, 5.74) is 9.81. The Morgan fingerprint density at radius 2 is 1.88 bits per heavy atom. The Kier molecular flexibility index (Phi) is 13.9. The smallest absolute Gasteiger partial charge is 0.324 e. The summed E-state index contributed by atoms with van der Waals surface area (Å²) in [6, 6.07) is 7.10. The van der Waals surface area contributed by atoms with Crippen molar-refractivity contribution in [2.24, 2.45) is 16.3 Å². The molecule has 6 bridgehead atoms. The highest BCUT2D eigenvalue weighted by atomic mass is 32.1. The van der Waals surface area contributed by atoms with E-state index in [1.54, 1.807) is 37.2 Å². The quantitative estimate of drug-likeness (QED) is 0.199. The van der Waals surface area contributed by atoms with Gasteiger partial charge in [-0.25, -0.2) is 15.2 Å². The lowest BCUT2D eigenvalue weighted by Crippen LogP contribution is -2.62. The van der Waals surface area contributed by atoms with E-state index in [2.05, 4.69) is 65.3 Å². The largest absolute Gasteiger partial charge is 0.464 e. The maximum Gasteiger partial charge on any atom is 0.324 e. The molecule has 0 spiro atoms. The third-order valence-electron chi connectivity index (χ3n) is 13.6. The SMILES string of the molecule is CCn1c(-c2cccnc2[C@H](C)OC)c2c3cc(ccc31)-c1csc(n1)C[C@H](NC(=O)[C@H](C(C)C)N(C)C(=O)N1CC[C@@H](N(C)C(=O)C3=NC3)C1)C(=O)N1CCC[C@H](N1)C(=O)OCC(C)(C)C2. The topological polar surface area (TPSA) is 184 Å². The van der Waals surface area contributed by atoms with Gasteiger partial charge in [0.1, 0.15) is 23.8 Å². The van der Waals surface area contributed by atoms with Gasteiger partial charge >= 0.3 is 12.0 Å². The predicted molar refractivity (Wildman–Crippen MR) is 256 cm³/mol. The summed E-state index contributed by atoms with van der Waals surface area (Å²) in [6.07, 6.45) is 3.79. The maximum atomic E-state index is 14.7. The van der Waals surface area contributed by atoms with Crippen molar-refractivity contribution in [1.29, 1.82) is 0 Å². The second-order valence-corrected chi connectivity index (χ2v) is 20.4. The Morgan fingerprint density at radius 1 is 1.10 bits per heavy atom. The van der Waals surface area contributed by atoms with Gasteiger partial charge in [0.2, 0.25) is 5.91 Å². The van der Waals surface area contributed by atoms with Crippen molar-refractivity contribution in [3.63, 3.8) is 0 Å². The predicted octanol–water partition coefficient (Wildman–Crippen LogP) is 5.27. The summed E-state index contributed by atoms with van der Waals surface area (Å²) in [4.78, 5) is 88.5. The van der Waals surface area contributed by atoms with E-state index >= 15 is 0 Å². The van der Waals surface area contributed by atoms with E-state index in [-0.39, 0.29) is 43.0 Å². The van der Waals surface area contributed by atoms with Gasteiger partial charge in [0, 0.05) is 92.8 Å². The lowest BCUT2D eigenvalue weighted by Gasteiger charge is -2.37. The first-order chi connectivity index (χ1) is 32.0. The number of carbonyl (C=O) groups is 5. The molecule has 2 fully saturated rings. The van der Waals surface area contributed by atoms with Crippen LogP contribution < -0.4 is 10.7 Å². The van der Waals surface area contributed by atoms with Crippen LogP contribution in [-0.2, 0) is 48.0 Å². The number of aromatic nitrogens is 3. The molecule has 1 aromatic carbocycles. The molecule has 67 heavy (non-hydrogen) atoms. The van der Waals surface area contributed by atoms with E-state index in [4.69, 9.17) is 19.4 Å². The molecule has 8 rings (SSSR count). The molecule has 0 unspecified atom stereocenters. The summed E-state index contributed by atoms with van der Waals surface area (Å²) in [7, 11) is 5.02. The number of cyclic esters (lactones) is 1. The van der Waals surface area contributed by atoms with Crippen molar-refractivity contribution in [1.82, 2.24) is 45.0 Å². The second-order valence-electron chi connectivity index (χ2n) is 19.4. The number of urea groups is 1. The molecule has 17 nitrogen and oxygen atoms in total. The Labute approximate surface area is 396 Å². The van der Waals surface area contributed by atoms with Gasteiger partial charge in [-0.3, -0.25) is 34.2 Å². The van der Waals surface area contributed by atoms with Crippen LogP contribution in [0.3, 0.4) is 0 Å². The highest BCUT2D eigenvalue weighted by Gasteiger charge is 2.41. The number of carbonyl (C=O) groups excluding carboxylic acids is 5. The zero-order valence-electron chi connectivity index (χ0n) is 40.1. The molecule has 358 valence electrons. The van der Waals surface area contributed by atoms with Crippen LogP contribution in [0.1, 0.15) is 83.2 Å². The van der Waals surface area contributed by atoms with Crippen LogP contribution in [0.4, 0.5) is 4.79 Å². The number of likely N-dealkylation sites (tertiary alicyclic amines) is 1. The molecule has 4 aliphatic rings. The third kappa shape index (κ3) is 9.84. The van der Waals surface area contributed by atoms with Crippen molar-refractivity contribution in [2.45, 2.75) is 110 Å². The molecule has 0 aliphatic carbocycles. The maximum absolute atomic E-state index is 14.7. The van der Waals surface area contributed by atoms with Gasteiger partial charge in [-0.2, -0.15) is 0 Å². The Hall–Kier alpha value is -5.72. The number of nitrogens with zero attached hydrogens (tertiary/aromatic N) is 8. The van der Waals surface area contributed by atoms with E-state index in [0.717, 1.165) is 44.7 Å². The van der Waals surface area contributed by atoms with Crippen LogP contribution >= 0.6 is 11.3 Å². The zero-order valence-corrected chi connectivity index (χ0v) is 40.9. The summed E-state index contributed by atoms with van der Waals surface area (Å²) in [6.45, 7) is 14.4. The van der Waals surface area contributed by atoms with Crippen LogP contribution in [-0.4, -0.2) is 148 Å². The third-order valence-corrected chi connectivity index (χ3v) is 14.5. The van der Waals surface area contributed by atoms with Gasteiger partial charge in [-0.15, -0.1) is 11.3 Å². The van der Waals surface area contributed by atoms with Crippen LogP contribution in [0, 0.1) is 11.3 Å². The molecule has 2 saturated heterocycles. The number of fused-ring (bicyclic) bond motifs is 6. The number of likely N-dealkylation sites (N-methyl/N-ethyl adjacent to an activating group) is 2. The normalized spacial score (nSPS) is 21.6. The van der Waals surface area contributed by atoms with Gasteiger partial charge in [-0.05, 0) is 75.3 Å². The fourth-order valence-electron chi connectivity index (χ4n) is 9.86. The fraction of sp³-hybridized carbons (Fsp3) is 0.551. The van der Waals surface area contributed by atoms with Crippen LogP contribution in [0.5, 0.6) is 0 Å². The highest BCUT2D eigenvalue weighted by Crippen LogP contribution is 2.42. The van der Waals surface area contributed by atoms with Crippen LogP contribution in [0.2, 0.25) is 0 Å². The molecular formula is C49H64N10O7S. The number of nitrogens with one attached hydrogen (secondary N) is 2. The number of aryl methyl sites for hydroxylation is 1. The first-order valence-electron chi connectivity index (χ1n) is 23.4. The van der Waals surface area contributed by atoms with E-state index in [9.17, 15) is 24.0 Å². The first-order valence-corrected chi connectivity index (χ1v) is 24.3. The number of esters is 1. The van der Waals surface area contributed by atoms with Gasteiger partial charge in [0.05, 0.1) is 47.4 Å². The molecule has 4 aliphatic heterocycles. The zero-order chi connectivity index (χ0) is 47.9. The van der Waals surface area contributed by atoms with Crippen molar-refractivity contribution in [3.8, 4) is 22.5 Å². The molecule has 7 heterocycles. The molecule has 3 aromatic heterocycles. The molecular weight excluding hydrogens is 873 g/mol. The van der Waals surface area contributed by atoms with Crippen molar-refractivity contribution in [3.05, 3.63) is 58.2 Å². The number of amides is 5. The molecule has 5 amide bonds. The number of ether oxygens (including phenoxy) is 2. The number of methoxy groups -OCH3 is 1. The van der Waals surface area contributed by atoms with E-state index in [1.165, 1.54) is 21.2 Å². The monoisotopic (exact) mass is 936 g/mol. The number of hydrogen-bond acceptors (Lipinski definition) is 12. The minimum Gasteiger partial charge on any atom is -0.464 e. The number of pyridine rings is 1. The number of benzene rings is 1. The summed E-state index contributed by atoms with van der Waals surface area (Å²) in [5.74, 6) is -1.81. The number of aliphatic imine (C=N–C) groups is 1. The Balaban J connectivity index is 1.13. The van der Waals surface area contributed by atoms with Gasteiger partial charge in [0.25, 0.3) is 11.8 Å². The van der Waals surface area contributed by atoms with Gasteiger partial charge in [-0.1, -0.05) is 33.8 Å². The van der Waals surface area contributed by atoms with Crippen molar-refractivity contribution < 1.29 is 33.4 Å². The van der Waals surface area contributed by atoms with E-state index in [1.807, 2.05) is 32.2 Å². The Bertz CT molecular complexity index is 2590. The lowest BCUT2D eigenvalue weighted by molar-refractivity contribution is -0.155. The van der Waals surface area contributed by atoms with E-state index in [0.29, 0.717) is 69.1 Å². The average Bonchev–Trinajstić information content (AvgIpc) is 3.72. The molecule has 5 atom stereocenters. The van der Waals surface area contributed by atoms with Crippen LogP contribution in [0.15, 0.2) is 46.9 Å². The number of rotatable bonds is 10. The highest BCUT2D eigenvalue weighted by molar-refractivity contribution is 7.10. The number of hydrogen-bond donors (Lipinski definition) is 2. The molecule has 0 saturated carbocycles. The standard InChI is InChI=1S/C49H64N10O7S/c1-10-58-39-16-15-30-21-33(39)34(43(58)32-13-11-18-50-41(32)29(4)65-9)23-49(5,6)27-66-47(63)35-14-12-19-59(54-35)46(62)36(22-40-52-38(30)26-67-40)53-44(60)42(28(2)3)56(8)48(64)57-20-17-31(25-57)55(7)45(61)37-24-51-37/h11,13,15-16,18,21,26,28-29,31,35-36,42,54H,10,12,14,17,19-20,22-25,27H2,1-9H3,(H,53,60)/t29-,31+,35-,36-,42-/m0/s1. The van der Waals surface area contributed by atoms with E-state index < -0.39 is 41.3 Å². The summed E-state index contributed by atoms with van der Waals surface area (Å²) < 4.78 is 14.2. The Morgan fingerprint density at radius 3 is 2.60 bits per heavy atom. The second kappa shape index (κ2) is 19.5. The minimum absolute atomic E-state index is 0.0734. The van der Waals surface area contributed by atoms with Crippen molar-refractivity contribution >= 4 is 57.7 Å². The first kappa shape index (κ1) is 47.8. The van der Waals surface area contributed by atoms with Crippen molar-refractivity contribution in [2.75, 3.05) is 54.0 Å². The lowest BCUT2D eigenvalue weighted by atomic mass is 9.84. The molecule has 18 heteroatoms. The number of hydrazine groups is 1. The molecule has 0 radical (unpaired) electrons.